The summed E-state index contributed by atoms with van der Waals surface area (Å²) in [7, 11) is 0. The molecule has 3 rings (SSSR count). The molecule has 2 saturated carbocycles. The molecule has 0 spiro atoms. The standard InChI is InChI=1S/C17H23NO/c1-11(2)13-5-7-15(8-6-13)18-17(19)16-10-12-3-4-14(16)9-12/h5-8,11-12,14,16H,3-4,9-10H2,1-2H3,(H,18,19)/t12-,14-,16+/m1/s1. The summed E-state index contributed by atoms with van der Waals surface area (Å²) in [5.41, 5.74) is 2.26. The average molecular weight is 257 g/mol. The molecule has 0 aliphatic heterocycles. The molecule has 0 aromatic heterocycles. The lowest BCUT2D eigenvalue weighted by Crippen LogP contribution is -2.27. The lowest BCUT2D eigenvalue weighted by Gasteiger charge is -2.20. The van der Waals surface area contributed by atoms with Crippen molar-refractivity contribution in [3.05, 3.63) is 29.8 Å². The zero-order chi connectivity index (χ0) is 13.4. The molecule has 2 bridgehead atoms. The Kier molecular flexibility index (Phi) is 3.34. The SMILES string of the molecule is CC(C)c1ccc(NC(=O)[C@H]2C[C@@H]3CC[C@@H]2C3)cc1. The van der Waals surface area contributed by atoms with Gasteiger partial charge < -0.3 is 5.32 Å². The Bertz CT molecular complexity index is 463. The molecule has 1 aromatic rings. The van der Waals surface area contributed by atoms with Crippen molar-refractivity contribution in [1.82, 2.24) is 0 Å². The van der Waals surface area contributed by atoms with Gasteiger partial charge in [-0.05, 0) is 54.7 Å². The van der Waals surface area contributed by atoms with Crippen LogP contribution in [0.1, 0.15) is 51.0 Å². The van der Waals surface area contributed by atoms with Crippen LogP contribution < -0.4 is 5.32 Å². The van der Waals surface area contributed by atoms with Crippen molar-refractivity contribution in [2.45, 2.75) is 45.4 Å². The van der Waals surface area contributed by atoms with Crippen LogP contribution >= 0.6 is 0 Å². The molecule has 2 aliphatic rings. The van der Waals surface area contributed by atoms with E-state index in [4.69, 9.17) is 0 Å². The first kappa shape index (κ1) is 12.7. The minimum Gasteiger partial charge on any atom is -0.326 e. The molecule has 2 fully saturated rings. The van der Waals surface area contributed by atoms with Crippen molar-refractivity contribution in [3.8, 4) is 0 Å². The second-order valence-electron chi connectivity index (χ2n) is 6.55. The van der Waals surface area contributed by atoms with Crippen LogP contribution in [0.5, 0.6) is 0 Å². The second-order valence-corrected chi connectivity index (χ2v) is 6.55. The Morgan fingerprint density at radius 2 is 1.89 bits per heavy atom. The summed E-state index contributed by atoms with van der Waals surface area (Å²) >= 11 is 0. The molecule has 2 heteroatoms. The predicted molar refractivity (Wildman–Crippen MR) is 78.1 cm³/mol. The summed E-state index contributed by atoms with van der Waals surface area (Å²) < 4.78 is 0. The number of amides is 1. The van der Waals surface area contributed by atoms with E-state index in [1.165, 1.54) is 24.8 Å². The van der Waals surface area contributed by atoms with Crippen LogP contribution in [-0.2, 0) is 4.79 Å². The van der Waals surface area contributed by atoms with Gasteiger partial charge in [-0.2, -0.15) is 0 Å². The average Bonchev–Trinajstić information content (AvgIpc) is 3.01. The first-order valence-electron chi connectivity index (χ1n) is 7.54. The molecule has 19 heavy (non-hydrogen) atoms. The Balaban J connectivity index is 1.63. The van der Waals surface area contributed by atoms with E-state index in [1.54, 1.807) is 0 Å². The van der Waals surface area contributed by atoms with Crippen molar-refractivity contribution in [2.24, 2.45) is 17.8 Å². The molecule has 0 heterocycles. The maximum absolute atomic E-state index is 12.3. The molecule has 102 valence electrons. The Hall–Kier alpha value is -1.31. The van der Waals surface area contributed by atoms with Crippen LogP contribution in [0, 0.1) is 17.8 Å². The molecule has 3 atom stereocenters. The number of hydrogen-bond donors (Lipinski definition) is 1. The number of carbonyl (C=O) groups excluding carboxylic acids is 1. The Morgan fingerprint density at radius 3 is 2.42 bits per heavy atom. The number of fused-ring (bicyclic) bond motifs is 2. The number of benzene rings is 1. The molecular formula is C17H23NO. The van der Waals surface area contributed by atoms with E-state index in [0.29, 0.717) is 11.8 Å². The van der Waals surface area contributed by atoms with Gasteiger partial charge in [0.1, 0.15) is 0 Å². The second kappa shape index (κ2) is 4.99. The van der Waals surface area contributed by atoms with Gasteiger partial charge in [0.05, 0.1) is 0 Å². The number of nitrogens with one attached hydrogen (secondary N) is 1. The fraction of sp³-hybridized carbons (Fsp3) is 0.588. The first-order chi connectivity index (χ1) is 9.13. The highest BCUT2D eigenvalue weighted by molar-refractivity contribution is 5.93. The van der Waals surface area contributed by atoms with Crippen molar-refractivity contribution in [1.29, 1.82) is 0 Å². The maximum Gasteiger partial charge on any atom is 0.227 e. The van der Waals surface area contributed by atoms with Crippen LogP contribution in [0.4, 0.5) is 5.69 Å². The van der Waals surface area contributed by atoms with E-state index < -0.39 is 0 Å². The minimum absolute atomic E-state index is 0.240. The molecule has 1 amide bonds. The first-order valence-corrected chi connectivity index (χ1v) is 7.54. The summed E-state index contributed by atoms with van der Waals surface area (Å²) in [6.07, 6.45) is 5.00. The molecule has 1 N–H and O–H groups in total. The number of carbonyl (C=O) groups is 1. The summed E-state index contributed by atoms with van der Waals surface area (Å²) in [5.74, 6) is 2.52. The molecule has 0 radical (unpaired) electrons. The maximum atomic E-state index is 12.3. The summed E-state index contributed by atoms with van der Waals surface area (Å²) in [6, 6.07) is 8.28. The third-order valence-corrected chi connectivity index (χ3v) is 4.92. The topological polar surface area (TPSA) is 29.1 Å². The van der Waals surface area contributed by atoms with Gasteiger partial charge in [0, 0.05) is 11.6 Å². The zero-order valence-electron chi connectivity index (χ0n) is 11.9. The summed E-state index contributed by atoms with van der Waals surface area (Å²) in [6.45, 7) is 4.37. The van der Waals surface area contributed by atoms with E-state index in [2.05, 4.69) is 31.3 Å². The van der Waals surface area contributed by atoms with Crippen LogP contribution in [-0.4, -0.2) is 5.91 Å². The van der Waals surface area contributed by atoms with Crippen LogP contribution in [0.3, 0.4) is 0 Å². The smallest absolute Gasteiger partial charge is 0.227 e. The molecular weight excluding hydrogens is 234 g/mol. The largest absolute Gasteiger partial charge is 0.326 e. The third kappa shape index (κ3) is 2.54. The van der Waals surface area contributed by atoms with E-state index in [-0.39, 0.29) is 11.8 Å². The van der Waals surface area contributed by atoms with E-state index >= 15 is 0 Å². The van der Waals surface area contributed by atoms with Gasteiger partial charge in [0.25, 0.3) is 0 Å². The predicted octanol–water partition coefficient (Wildman–Crippen LogP) is 4.18. The molecule has 2 aliphatic carbocycles. The fourth-order valence-electron chi connectivity index (χ4n) is 3.75. The van der Waals surface area contributed by atoms with Crippen molar-refractivity contribution < 1.29 is 4.79 Å². The lowest BCUT2D eigenvalue weighted by molar-refractivity contribution is -0.121. The van der Waals surface area contributed by atoms with Crippen molar-refractivity contribution in [2.75, 3.05) is 5.32 Å². The normalized spacial score (nSPS) is 28.9. The third-order valence-electron chi connectivity index (χ3n) is 4.92. The van der Waals surface area contributed by atoms with Crippen LogP contribution in [0.15, 0.2) is 24.3 Å². The highest BCUT2D eigenvalue weighted by Crippen LogP contribution is 2.48. The molecule has 2 nitrogen and oxygen atoms in total. The molecule has 0 saturated heterocycles. The molecule has 1 aromatic carbocycles. The fourth-order valence-corrected chi connectivity index (χ4v) is 3.75. The van der Waals surface area contributed by atoms with E-state index in [0.717, 1.165) is 18.0 Å². The molecule has 0 unspecified atom stereocenters. The van der Waals surface area contributed by atoms with Gasteiger partial charge in [0.2, 0.25) is 5.91 Å². The monoisotopic (exact) mass is 257 g/mol. The van der Waals surface area contributed by atoms with Gasteiger partial charge >= 0.3 is 0 Å². The van der Waals surface area contributed by atoms with Crippen LogP contribution in [0.2, 0.25) is 0 Å². The van der Waals surface area contributed by atoms with E-state index in [1.807, 2.05) is 12.1 Å². The quantitative estimate of drug-likeness (QED) is 0.864. The van der Waals surface area contributed by atoms with Gasteiger partial charge in [-0.3, -0.25) is 4.79 Å². The minimum atomic E-state index is 0.240. The lowest BCUT2D eigenvalue weighted by atomic mass is 9.88. The highest BCUT2D eigenvalue weighted by atomic mass is 16.1. The van der Waals surface area contributed by atoms with Gasteiger partial charge in [-0.15, -0.1) is 0 Å². The van der Waals surface area contributed by atoms with Crippen LogP contribution in [0.25, 0.3) is 0 Å². The van der Waals surface area contributed by atoms with Crippen molar-refractivity contribution >= 4 is 11.6 Å². The Morgan fingerprint density at radius 1 is 1.16 bits per heavy atom. The summed E-state index contributed by atoms with van der Waals surface area (Å²) in [4.78, 5) is 12.3. The Labute approximate surface area is 115 Å². The van der Waals surface area contributed by atoms with Gasteiger partial charge in [0.15, 0.2) is 0 Å². The zero-order valence-corrected chi connectivity index (χ0v) is 11.9. The van der Waals surface area contributed by atoms with Gasteiger partial charge in [-0.1, -0.05) is 32.4 Å². The highest BCUT2D eigenvalue weighted by Gasteiger charge is 2.42. The van der Waals surface area contributed by atoms with E-state index in [9.17, 15) is 4.79 Å². The number of rotatable bonds is 3. The van der Waals surface area contributed by atoms with Gasteiger partial charge in [-0.25, -0.2) is 0 Å². The summed E-state index contributed by atoms with van der Waals surface area (Å²) in [5, 5.41) is 3.10. The number of anilines is 1. The number of hydrogen-bond acceptors (Lipinski definition) is 1. The van der Waals surface area contributed by atoms with Crippen molar-refractivity contribution in [3.63, 3.8) is 0 Å².